The van der Waals surface area contributed by atoms with Gasteiger partial charge in [0.1, 0.15) is 5.88 Å². The predicted molar refractivity (Wildman–Crippen MR) is 72.9 cm³/mol. The van der Waals surface area contributed by atoms with Gasteiger partial charge in [-0.25, -0.2) is 0 Å². The molecule has 0 aliphatic rings. The summed E-state index contributed by atoms with van der Waals surface area (Å²) in [6.45, 7) is 3.90. The second kappa shape index (κ2) is 7.01. The molecule has 5 heteroatoms. The van der Waals surface area contributed by atoms with Crippen LogP contribution in [-0.2, 0) is 16.0 Å². The molecule has 0 aromatic heterocycles. The molecule has 0 saturated carbocycles. The molecule has 0 spiro atoms. The van der Waals surface area contributed by atoms with Crippen LogP contribution in [0.25, 0.3) is 0 Å². The minimum Gasteiger partial charge on any atom is -0.346 e. The largest absolute Gasteiger partial charge is 0.346 e. The number of halogens is 1. The zero-order valence-corrected chi connectivity index (χ0v) is 11.3. The van der Waals surface area contributed by atoms with Gasteiger partial charge in [-0.2, -0.15) is 0 Å². The lowest BCUT2D eigenvalue weighted by molar-refractivity contribution is -0.122. The minimum absolute atomic E-state index is 0.0664. The van der Waals surface area contributed by atoms with Crippen molar-refractivity contribution >= 4 is 29.1 Å². The van der Waals surface area contributed by atoms with Crippen LogP contribution in [-0.4, -0.2) is 24.2 Å². The molecule has 98 valence electrons. The highest BCUT2D eigenvalue weighted by atomic mass is 35.5. The van der Waals surface area contributed by atoms with Gasteiger partial charge in [-0.05, 0) is 24.5 Å². The lowest BCUT2D eigenvalue weighted by atomic mass is 10.1. The summed E-state index contributed by atoms with van der Waals surface area (Å²) in [5.74, 6) is -0.748. The Balaban J connectivity index is 2.67. The molecule has 2 N–H and O–H groups in total. The molecule has 0 unspecified atom stereocenters. The molecule has 2 amide bonds. The van der Waals surface area contributed by atoms with Crippen molar-refractivity contribution in [3.05, 3.63) is 29.3 Å². The zero-order chi connectivity index (χ0) is 13.5. The van der Waals surface area contributed by atoms with Gasteiger partial charge < -0.3 is 10.6 Å². The summed E-state index contributed by atoms with van der Waals surface area (Å²) in [4.78, 5) is 22.6. The van der Waals surface area contributed by atoms with E-state index in [1.807, 2.05) is 32.0 Å². The topological polar surface area (TPSA) is 58.2 Å². The molecule has 0 aliphatic heterocycles. The Bertz CT molecular complexity index is 447. The van der Waals surface area contributed by atoms with Crippen molar-refractivity contribution in [1.29, 1.82) is 0 Å². The third-order valence-electron chi connectivity index (χ3n) is 2.57. The van der Waals surface area contributed by atoms with Crippen LogP contribution in [0.15, 0.2) is 18.2 Å². The van der Waals surface area contributed by atoms with Crippen LogP contribution in [0.5, 0.6) is 0 Å². The summed E-state index contributed by atoms with van der Waals surface area (Å²) in [5.41, 5.74) is 2.91. The van der Waals surface area contributed by atoms with Crippen LogP contribution in [0, 0.1) is 6.92 Å². The van der Waals surface area contributed by atoms with Gasteiger partial charge >= 0.3 is 0 Å². The first-order chi connectivity index (χ1) is 8.58. The Morgan fingerprint density at radius 3 is 2.61 bits per heavy atom. The number of para-hydroxylation sites is 1. The fraction of sp³-hybridized carbons (Fsp3) is 0.385. The van der Waals surface area contributed by atoms with Crippen molar-refractivity contribution in [2.75, 3.05) is 17.7 Å². The lowest BCUT2D eigenvalue weighted by Crippen LogP contribution is -2.33. The van der Waals surface area contributed by atoms with Gasteiger partial charge in [0.15, 0.2) is 0 Å². The van der Waals surface area contributed by atoms with Crippen molar-refractivity contribution in [3.8, 4) is 0 Å². The average Bonchev–Trinajstić information content (AvgIpc) is 2.38. The maximum absolute atomic E-state index is 11.7. The van der Waals surface area contributed by atoms with Gasteiger partial charge in [0.25, 0.3) is 0 Å². The van der Waals surface area contributed by atoms with E-state index >= 15 is 0 Å². The number of rotatable bonds is 5. The Morgan fingerprint density at radius 1 is 1.28 bits per heavy atom. The number of carbonyl (C=O) groups is 2. The van der Waals surface area contributed by atoms with Gasteiger partial charge in [0, 0.05) is 5.69 Å². The first kappa shape index (κ1) is 14.5. The SMILES string of the molecule is CCc1cccc(C)c1NC(=O)CNC(=O)CCl. The molecule has 0 heterocycles. The van der Waals surface area contributed by atoms with Gasteiger partial charge in [-0.1, -0.05) is 25.1 Å². The normalized spacial score (nSPS) is 9.94. The molecule has 0 radical (unpaired) electrons. The molecule has 18 heavy (non-hydrogen) atoms. The van der Waals surface area contributed by atoms with Crippen molar-refractivity contribution in [1.82, 2.24) is 5.32 Å². The molecule has 0 atom stereocenters. The molecule has 0 aliphatic carbocycles. The summed E-state index contributed by atoms with van der Waals surface area (Å²) < 4.78 is 0. The number of alkyl halides is 1. The van der Waals surface area contributed by atoms with E-state index < -0.39 is 0 Å². The van der Waals surface area contributed by atoms with E-state index in [-0.39, 0.29) is 24.2 Å². The Kier molecular flexibility index (Phi) is 5.65. The van der Waals surface area contributed by atoms with Crippen molar-refractivity contribution in [3.63, 3.8) is 0 Å². The predicted octanol–water partition coefficient (Wildman–Crippen LogP) is 1.85. The first-order valence-corrected chi connectivity index (χ1v) is 6.33. The maximum atomic E-state index is 11.7. The number of aryl methyl sites for hydroxylation is 2. The third-order valence-corrected chi connectivity index (χ3v) is 2.81. The number of nitrogens with one attached hydrogen (secondary N) is 2. The number of hydrogen-bond acceptors (Lipinski definition) is 2. The van der Waals surface area contributed by atoms with Crippen LogP contribution in [0.2, 0.25) is 0 Å². The number of carbonyl (C=O) groups excluding carboxylic acids is 2. The second-order valence-electron chi connectivity index (χ2n) is 3.92. The average molecular weight is 269 g/mol. The lowest BCUT2D eigenvalue weighted by Gasteiger charge is -2.13. The summed E-state index contributed by atoms with van der Waals surface area (Å²) in [5, 5.41) is 5.24. The maximum Gasteiger partial charge on any atom is 0.243 e. The van der Waals surface area contributed by atoms with E-state index in [9.17, 15) is 9.59 Å². The highest BCUT2D eigenvalue weighted by Gasteiger charge is 2.09. The van der Waals surface area contributed by atoms with E-state index in [2.05, 4.69) is 10.6 Å². The monoisotopic (exact) mass is 268 g/mol. The van der Waals surface area contributed by atoms with Gasteiger partial charge in [0.05, 0.1) is 6.54 Å². The van der Waals surface area contributed by atoms with E-state index in [1.54, 1.807) is 0 Å². The summed E-state index contributed by atoms with van der Waals surface area (Å²) in [7, 11) is 0. The second-order valence-corrected chi connectivity index (χ2v) is 4.19. The van der Waals surface area contributed by atoms with Gasteiger partial charge in [-0.3, -0.25) is 9.59 Å². The number of hydrogen-bond donors (Lipinski definition) is 2. The first-order valence-electron chi connectivity index (χ1n) is 5.79. The number of anilines is 1. The van der Waals surface area contributed by atoms with E-state index in [0.29, 0.717) is 0 Å². The molecule has 0 saturated heterocycles. The quantitative estimate of drug-likeness (QED) is 0.801. The molecule has 4 nitrogen and oxygen atoms in total. The van der Waals surface area contributed by atoms with Gasteiger partial charge in [0.2, 0.25) is 11.8 Å². The van der Waals surface area contributed by atoms with Crippen LogP contribution < -0.4 is 10.6 Å². The molecule has 0 fully saturated rings. The Labute approximate surface area is 112 Å². The van der Waals surface area contributed by atoms with Crippen LogP contribution >= 0.6 is 11.6 Å². The molecule has 0 bridgehead atoms. The minimum atomic E-state index is -0.354. The molecular weight excluding hydrogens is 252 g/mol. The molecule has 1 aromatic carbocycles. The molecule has 1 aromatic rings. The third kappa shape index (κ3) is 4.04. The summed E-state index contributed by atoms with van der Waals surface area (Å²) >= 11 is 5.32. The zero-order valence-electron chi connectivity index (χ0n) is 10.5. The van der Waals surface area contributed by atoms with Crippen LogP contribution in [0.1, 0.15) is 18.1 Å². The molecule has 1 rings (SSSR count). The fourth-order valence-corrected chi connectivity index (χ4v) is 1.71. The Morgan fingerprint density at radius 2 is 2.00 bits per heavy atom. The standard InChI is InChI=1S/C13H17ClN2O2/c1-3-10-6-4-5-9(2)13(10)16-12(18)8-15-11(17)7-14/h4-6H,3,7-8H2,1-2H3,(H,15,17)(H,16,18). The van der Waals surface area contributed by atoms with Gasteiger partial charge in [-0.15, -0.1) is 11.6 Å². The van der Waals surface area contributed by atoms with E-state index in [4.69, 9.17) is 11.6 Å². The van der Waals surface area contributed by atoms with Crippen molar-refractivity contribution in [2.24, 2.45) is 0 Å². The van der Waals surface area contributed by atoms with Crippen LogP contribution in [0.3, 0.4) is 0 Å². The van der Waals surface area contributed by atoms with Crippen LogP contribution in [0.4, 0.5) is 5.69 Å². The number of amides is 2. The fourth-order valence-electron chi connectivity index (χ4n) is 1.61. The smallest absolute Gasteiger partial charge is 0.243 e. The molecular formula is C13H17ClN2O2. The van der Waals surface area contributed by atoms with E-state index in [0.717, 1.165) is 23.2 Å². The van der Waals surface area contributed by atoms with E-state index in [1.165, 1.54) is 0 Å². The van der Waals surface area contributed by atoms with Crippen molar-refractivity contribution < 1.29 is 9.59 Å². The highest BCUT2D eigenvalue weighted by molar-refractivity contribution is 6.27. The number of benzene rings is 1. The summed E-state index contributed by atoms with van der Waals surface area (Å²) in [6, 6.07) is 5.87. The Hall–Kier alpha value is -1.55. The van der Waals surface area contributed by atoms with Crippen molar-refractivity contribution in [2.45, 2.75) is 20.3 Å². The summed E-state index contributed by atoms with van der Waals surface area (Å²) in [6.07, 6.45) is 0.839. The highest BCUT2D eigenvalue weighted by Crippen LogP contribution is 2.20.